The molecule has 0 heterocycles. The summed E-state index contributed by atoms with van der Waals surface area (Å²) < 4.78 is 33.8. The molecule has 0 aromatic heterocycles. The van der Waals surface area contributed by atoms with Gasteiger partial charge in [-0.2, -0.15) is 4.72 Å². The maximum atomic E-state index is 13.0. The first-order valence-electron chi connectivity index (χ1n) is 9.73. The summed E-state index contributed by atoms with van der Waals surface area (Å²) in [6, 6.07) is 20.9. The van der Waals surface area contributed by atoms with Crippen LogP contribution in [0.2, 0.25) is 5.02 Å². The van der Waals surface area contributed by atoms with Gasteiger partial charge in [0.15, 0.2) is 0 Å². The molecule has 6 nitrogen and oxygen atoms in total. The van der Waals surface area contributed by atoms with Gasteiger partial charge in [-0.05, 0) is 61.4 Å². The summed E-state index contributed by atoms with van der Waals surface area (Å²) in [7, 11) is -3.95. The number of carbonyl (C=O) groups is 1. The Bertz CT molecular complexity index is 1120. The van der Waals surface area contributed by atoms with Crippen LogP contribution in [0.4, 0.5) is 5.69 Å². The van der Waals surface area contributed by atoms with E-state index in [2.05, 4.69) is 10.0 Å². The van der Waals surface area contributed by atoms with Crippen LogP contribution in [0, 0.1) is 0 Å². The van der Waals surface area contributed by atoms with E-state index in [0.29, 0.717) is 23.1 Å². The number of hydrogen-bond acceptors (Lipinski definition) is 4. The second kappa shape index (κ2) is 10.4. The molecule has 3 rings (SSSR count). The van der Waals surface area contributed by atoms with Crippen LogP contribution in [0.5, 0.6) is 5.75 Å². The molecule has 162 valence electrons. The second-order valence-corrected chi connectivity index (χ2v) is 8.92. The lowest BCUT2D eigenvalue weighted by Gasteiger charge is -2.19. The Morgan fingerprint density at radius 1 is 1.00 bits per heavy atom. The lowest BCUT2D eigenvalue weighted by Crippen LogP contribution is -2.45. The van der Waals surface area contributed by atoms with Crippen molar-refractivity contribution in [2.45, 2.75) is 24.3 Å². The van der Waals surface area contributed by atoms with Crippen LogP contribution < -0.4 is 14.8 Å². The highest BCUT2D eigenvalue weighted by atomic mass is 35.5. The highest BCUT2D eigenvalue weighted by molar-refractivity contribution is 7.89. The Kier molecular flexibility index (Phi) is 7.68. The summed E-state index contributed by atoms with van der Waals surface area (Å²) in [6.07, 6.45) is 0.184. The maximum absolute atomic E-state index is 13.0. The van der Waals surface area contributed by atoms with Crippen LogP contribution in [0.25, 0.3) is 0 Å². The van der Waals surface area contributed by atoms with E-state index in [1.54, 1.807) is 36.4 Å². The molecule has 0 spiro atoms. The van der Waals surface area contributed by atoms with Gasteiger partial charge >= 0.3 is 0 Å². The van der Waals surface area contributed by atoms with Gasteiger partial charge in [-0.15, -0.1) is 0 Å². The van der Waals surface area contributed by atoms with E-state index in [9.17, 15) is 13.2 Å². The van der Waals surface area contributed by atoms with E-state index < -0.39 is 22.0 Å². The molecule has 0 saturated carbocycles. The van der Waals surface area contributed by atoms with Crippen molar-refractivity contribution < 1.29 is 17.9 Å². The third kappa shape index (κ3) is 6.55. The summed E-state index contributed by atoms with van der Waals surface area (Å²) in [4.78, 5) is 13.0. The summed E-state index contributed by atoms with van der Waals surface area (Å²) in [5.41, 5.74) is 1.30. The topological polar surface area (TPSA) is 84.5 Å². The molecule has 31 heavy (non-hydrogen) atoms. The number of halogens is 1. The Morgan fingerprint density at radius 3 is 2.35 bits per heavy atom. The fourth-order valence-electron chi connectivity index (χ4n) is 2.97. The van der Waals surface area contributed by atoms with Gasteiger partial charge in [-0.3, -0.25) is 4.79 Å². The normalized spacial score (nSPS) is 12.2. The zero-order valence-electron chi connectivity index (χ0n) is 16.9. The van der Waals surface area contributed by atoms with Gasteiger partial charge in [-0.25, -0.2) is 8.42 Å². The number of nitrogens with one attached hydrogen (secondary N) is 2. The SMILES string of the molecule is CCOc1ccc(S(=O)(=O)N[C@@H](Cc2ccccc2)C(=O)Nc2cccc(Cl)c2)cc1. The molecule has 1 atom stereocenters. The Morgan fingerprint density at radius 2 is 1.71 bits per heavy atom. The molecular formula is C23H23ClN2O4S. The molecule has 0 aliphatic heterocycles. The van der Waals surface area contributed by atoms with Crippen LogP contribution in [-0.2, 0) is 21.2 Å². The van der Waals surface area contributed by atoms with Crippen molar-refractivity contribution >= 4 is 33.2 Å². The Labute approximate surface area is 187 Å². The molecule has 2 N–H and O–H groups in total. The Balaban J connectivity index is 1.83. The average molecular weight is 459 g/mol. The zero-order chi connectivity index (χ0) is 22.3. The lowest BCUT2D eigenvalue weighted by molar-refractivity contribution is -0.117. The minimum atomic E-state index is -3.95. The molecule has 0 bridgehead atoms. The van der Waals surface area contributed by atoms with Gasteiger partial charge in [0.1, 0.15) is 11.8 Å². The van der Waals surface area contributed by atoms with Gasteiger partial charge in [0, 0.05) is 10.7 Å². The van der Waals surface area contributed by atoms with Gasteiger partial charge < -0.3 is 10.1 Å². The standard InChI is InChI=1S/C23H23ClN2O4S/c1-2-30-20-11-13-21(14-12-20)31(28,29)26-22(15-17-7-4-3-5-8-17)23(27)25-19-10-6-9-18(24)16-19/h3-14,16,22,26H,2,15H2,1H3,(H,25,27)/t22-/m0/s1. The number of hydrogen-bond donors (Lipinski definition) is 2. The van der Waals surface area contributed by atoms with Gasteiger partial charge in [0.2, 0.25) is 15.9 Å². The summed E-state index contributed by atoms with van der Waals surface area (Å²) in [6.45, 7) is 2.33. The molecule has 3 aromatic carbocycles. The number of benzene rings is 3. The fourth-order valence-corrected chi connectivity index (χ4v) is 4.36. The van der Waals surface area contributed by atoms with Crippen molar-refractivity contribution in [1.29, 1.82) is 0 Å². The van der Waals surface area contributed by atoms with E-state index in [0.717, 1.165) is 5.56 Å². The molecule has 0 aliphatic rings. The lowest BCUT2D eigenvalue weighted by atomic mass is 10.1. The number of ether oxygens (including phenoxy) is 1. The summed E-state index contributed by atoms with van der Waals surface area (Å²) >= 11 is 5.99. The predicted octanol–water partition coefficient (Wildman–Crippen LogP) is 4.27. The Hall–Kier alpha value is -2.87. The van der Waals surface area contributed by atoms with Crippen LogP contribution in [-0.4, -0.2) is 27.0 Å². The quantitative estimate of drug-likeness (QED) is 0.501. The number of sulfonamides is 1. The van der Waals surface area contributed by atoms with E-state index in [1.807, 2.05) is 37.3 Å². The molecular weight excluding hydrogens is 436 g/mol. The summed E-state index contributed by atoms with van der Waals surface area (Å²) in [5, 5.41) is 3.20. The monoisotopic (exact) mass is 458 g/mol. The second-order valence-electron chi connectivity index (χ2n) is 6.77. The van der Waals surface area contributed by atoms with E-state index >= 15 is 0 Å². The predicted molar refractivity (Wildman–Crippen MR) is 122 cm³/mol. The van der Waals surface area contributed by atoms with Gasteiger partial charge in [0.05, 0.1) is 11.5 Å². The van der Waals surface area contributed by atoms with Crippen LogP contribution >= 0.6 is 11.6 Å². The maximum Gasteiger partial charge on any atom is 0.242 e. The average Bonchev–Trinajstić information content (AvgIpc) is 2.74. The third-order valence-electron chi connectivity index (χ3n) is 4.43. The zero-order valence-corrected chi connectivity index (χ0v) is 18.5. The number of rotatable bonds is 9. The molecule has 0 fully saturated rings. The third-order valence-corrected chi connectivity index (χ3v) is 6.16. The van der Waals surface area contributed by atoms with Crippen LogP contribution in [0.3, 0.4) is 0 Å². The van der Waals surface area contributed by atoms with E-state index in [4.69, 9.17) is 16.3 Å². The molecule has 1 amide bonds. The summed E-state index contributed by atoms with van der Waals surface area (Å²) in [5.74, 6) is 0.0848. The van der Waals surface area contributed by atoms with Crippen LogP contribution in [0.1, 0.15) is 12.5 Å². The smallest absolute Gasteiger partial charge is 0.242 e. The molecule has 0 saturated heterocycles. The fraction of sp³-hybridized carbons (Fsp3) is 0.174. The number of anilines is 1. The number of amides is 1. The van der Waals surface area contributed by atoms with Crippen molar-refractivity contribution in [3.05, 3.63) is 89.4 Å². The highest BCUT2D eigenvalue weighted by Crippen LogP contribution is 2.18. The van der Waals surface area contributed by atoms with Crippen LogP contribution in [0.15, 0.2) is 83.8 Å². The first-order valence-corrected chi connectivity index (χ1v) is 11.6. The van der Waals surface area contributed by atoms with Crippen molar-refractivity contribution in [2.24, 2.45) is 0 Å². The minimum Gasteiger partial charge on any atom is -0.494 e. The highest BCUT2D eigenvalue weighted by Gasteiger charge is 2.26. The molecule has 8 heteroatoms. The van der Waals surface area contributed by atoms with E-state index in [-0.39, 0.29) is 11.3 Å². The van der Waals surface area contributed by atoms with Gasteiger partial charge in [-0.1, -0.05) is 48.0 Å². The minimum absolute atomic E-state index is 0.0459. The van der Waals surface area contributed by atoms with Crippen molar-refractivity contribution in [3.63, 3.8) is 0 Å². The van der Waals surface area contributed by atoms with E-state index in [1.165, 1.54) is 12.1 Å². The van der Waals surface area contributed by atoms with Gasteiger partial charge in [0.25, 0.3) is 0 Å². The van der Waals surface area contributed by atoms with Crippen molar-refractivity contribution in [1.82, 2.24) is 4.72 Å². The van der Waals surface area contributed by atoms with Crippen molar-refractivity contribution in [2.75, 3.05) is 11.9 Å². The van der Waals surface area contributed by atoms with Crippen molar-refractivity contribution in [3.8, 4) is 5.75 Å². The largest absolute Gasteiger partial charge is 0.494 e. The number of carbonyl (C=O) groups excluding carboxylic acids is 1. The molecule has 0 aliphatic carbocycles. The first kappa shape index (κ1) is 22.8. The molecule has 3 aromatic rings. The molecule has 0 radical (unpaired) electrons. The first-order chi connectivity index (χ1) is 14.9. The molecule has 0 unspecified atom stereocenters.